The van der Waals surface area contributed by atoms with E-state index in [1.54, 1.807) is 6.26 Å². The maximum atomic E-state index is 9.24. The molecule has 88 valence electrons. The molecule has 0 bridgehead atoms. The maximum absolute atomic E-state index is 9.24. The summed E-state index contributed by atoms with van der Waals surface area (Å²) >= 11 is 4.39. The van der Waals surface area contributed by atoms with Gasteiger partial charge in [0, 0.05) is 12.0 Å². The van der Waals surface area contributed by atoms with Crippen LogP contribution in [0.1, 0.15) is 0 Å². The lowest BCUT2D eigenvalue weighted by atomic mass is 10.7. The molecule has 6 heteroatoms. The summed E-state index contributed by atoms with van der Waals surface area (Å²) in [5.41, 5.74) is 0. The molecule has 0 rings (SSSR count). The highest BCUT2D eigenvalue weighted by Crippen LogP contribution is 2.35. The van der Waals surface area contributed by atoms with Crippen LogP contribution in [0.2, 0.25) is 0 Å². The minimum absolute atomic E-state index is 0.459. The summed E-state index contributed by atoms with van der Waals surface area (Å²) in [5, 5.41) is 2.25. The van der Waals surface area contributed by atoms with Gasteiger partial charge in [0.05, 0.1) is 38.1 Å². The Kier molecular flexibility index (Phi) is 9.29. The SMILES string of the molecule is [CH]S(C)(O)CCOCCOCCN=C=S. The number of thiocarbonyl (C=S) groups is 1. The summed E-state index contributed by atoms with van der Waals surface area (Å²) in [6.45, 7) is 2.52. The number of hydrogen-bond donors (Lipinski definition) is 1. The molecule has 1 atom stereocenters. The molecule has 0 aliphatic rings. The first kappa shape index (κ1) is 15.0. The van der Waals surface area contributed by atoms with Gasteiger partial charge in [-0.3, -0.25) is 0 Å². The van der Waals surface area contributed by atoms with Gasteiger partial charge in [-0.05, 0) is 18.5 Å². The van der Waals surface area contributed by atoms with Crippen molar-refractivity contribution >= 4 is 27.7 Å². The van der Waals surface area contributed by atoms with Crippen molar-refractivity contribution in [1.29, 1.82) is 0 Å². The Hall–Kier alpha value is 0.0300. The number of aliphatic imine (C=N–C) groups is 1. The number of nitrogens with zero attached hydrogens (tertiary/aromatic N) is 1. The van der Waals surface area contributed by atoms with E-state index in [1.165, 1.54) is 0 Å². The van der Waals surface area contributed by atoms with Gasteiger partial charge in [0.15, 0.2) is 0 Å². The average molecular weight is 251 g/mol. The van der Waals surface area contributed by atoms with Gasteiger partial charge >= 0.3 is 0 Å². The van der Waals surface area contributed by atoms with Gasteiger partial charge in [-0.15, -0.1) is 10.3 Å². The fourth-order valence-corrected chi connectivity index (χ4v) is 1.25. The summed E-state index contributed by atoms with van der Waals surface area (Å²) in [4.78, 5) is 3.69. The van der Waals surface area contributed by atoms with Crippen molar-refractivity contribution in [2.24, 2.45) is 4.99 Å². The van der Waals surface area contributed by atoms with Crippen LogP contribution in [-0.4, -0.2) is 54.7 Å². The molecule has 0 aliphatic carbocycles. The molecular weight excluding hydrogens is 234 g/mol. The van der Waals surface area contributed by atoms with Crippen LogP contribution in [0.4, 0.5) is 0 Å². The molecule has 0 spiro atoms. The van der Waals surface area contributed by atoms with Crippen LogP contribution < -0.4 is 0 Å². The molecular formula is C9H17NO3S2. The number of ether oxygens (including phenoxy) is 2. The second-order valence-corrected chi connectivity index (χ2v) is 5.82. The van der Waals surface area contributed by atoms with Crippen LogP contribution >= 0.6 is 22.5 Å². The molecule has 0 aromatic heterocycles. The molecule has 0 aromatic carbocycles. The Labute approximate surface area is 98.2 Å². The lowest BCUT2D eigenvalue weighted by Gasteiger charge is -2.21. The first-order valence-electron chi connectivity index (χ1n) is 4.51. The summed E-state index contributed by atoms with van der Waals surface area (Å²) in [7, 11) is -1.93. The summed E-state index contributed by atoms with van der Waals surface area (Å²) in [6, 6.07) is 0. The minimum Gasteiger partial charge on any atom is -0.378 e. The second-order valence-electron chi connectivity index (χ2n) is 3.01. The highest BCUT2D eigenvalue weighted by molar-refractivity contribution is 8.29. The predicted octanol–water partition coefficient (Wildman–Crippen LogP) is 1.70. The second kappa shape index (κ2) is 9.27. The van der Waals surface area contributed by atoms with Crippen molar-refractivity contribution in [3.63, 3.8) is 0 Å². The summed E-state index contributed by atoms with van der Waals surface area (Å²) in [5.74, 6) is 0.488. The third-order valence-electron chi connectivity index (χ3n) is 1.42. The quantitative estimate of drug-likeness (QED) is 0.385. The van der Waals surface area contributed by atoms with Crippen molar-refractivity contribution in [2.75, 3.05) is 45.0 Å². The normalized spacial score (nSPS) is 12.2. The van der Waals surface area contributed by atoms with E-state index in [9.17, 15) is 4.55 Å². The van der Waals surface area contributed by atoms with E-state index in [0.29, 0.717) is 38.7 Å². The van der Waals surface area contributed by atoms with E-state index in [1.807, 2.05) is 0 Å². The van der Waals surface area contributed by atoms with Crippen molar-refractivity contribution in [3.05, 3.63) is 6.26 Å². The molecule has 0 aromatic rings. The standard InChI is InChI=1S/C9H17NO3S2/c1-15(2,11)8-7-13-6-5-12-4-3-10-9-14/h1,11H,3-8H2,2H3. The summed E-state index contributed by atoms with van der Waals surface area (Å²) < 4.78 is 19.6. The monoisotopic (exact) mass is 251 g/mol. The van der Waals surface area contributed by atoms with Crippen molar-refractivity contribution in [3.8, 4) is 0 Å². The van der Waals surface area contributed by atoms with E-state index in [2.05, 4.69) is 22.4 Å². The van der Waals surface area contributed by atoms with Crippen molar-refractivity contribution in [2.45, 2.75) is 0 Å². The lowest BCUT2D eigenvalue weighted by molar-refractivity contribution is 0.0569. The van der Waals surface area contributed by atoms with Crippen LogP contribution in [0.15, 0.2) is 4.99 Å². The van der Waals surface area contributed by atoms with E-state index in [4.69, 9.17) is 15.7 Å². The Bertz CT molecular complexity index is 200. The van der Waals surface area contributed by atoms with Gasteiger partial charge in [-0.2, -0.15) is 0 Å². The van der Waals surface area contributed by atoms with Gasteiger partial charge in [-0.1, -0.05) is 0 Å². The zero-order valence-electron chi connectivity index (χ0n) is 8.85. The van der Waals surface area contributed by atoms with Crippen LogP contribution in [-0.2, 0) is 9.47 Å². The Balaban J connectivity index is 3.08. The number of hydrogen-bond acceptors (Lipinski definition) is 5. The molecule has 0 fully saturated rings. The Morgan fingerprint density at radius 3 is 2.47 bits per heavy atom. The Morgan fingerprint density at radius 1 is 1.33 bits per heavy atom. The van der Waals surface area contributed by atoms with Gasteiger partial charge in [0.2, 0.25) is 0 Å². The zero-order chi connectivity index (χ0) is 11.6. The highest BCUT2D eigenvalue weighted by atomic mass is 32.3. The Morgan fingerprint density at radius 2 is 1.93 bits per heavy atom. The predicted molar refractivity (Wildman–Crippen MR) is 66.8 cm³/mol. The molecule has 0 heterocycles. The fourth-order valence-electron chi connectivity index (χ4n) is 0.705. The molecule has 0 amide bonds. The van der Waals surface area contributed by atoms with Crippen LogP contribution in [0, 0.1) is 6.26 Å². The average Bonchev–Trinajstić information content (AvgIpc) is 2.14. The van der Waals surface area contributed by atoms with Gasteiger partial charge in [-0.25, -0.2) is 4.99 Å². The lowest BCUT2D eigenvalue weighted by Crippen LogP contribution is -2.11. The maximum Gasteiger partial charge on any atom is 0.0727 e. The molecule has 0 saturated carbocycles. The van der Waals surface area contributed by atoms with E-state index < -0.39 is 10.3 Å². The third kappa shape index (κ3) is 14.0. The highest BCUT2D eigenvalue weighted by Gasteiger charge is 2.05. The molecule has 1 N–H and O–H groups in total. The van der Waals surface area contributed by atoms with Crippen LogP contribution in [0.5, 0.6) is 0 Å². The molecule has 0 saturated heterocycles. The van der Waals surface area contributed by atoms with Gasteiger partial charge < -0.3 is 14.0 Å². The smallest absolute Gasteiger partial charge is 0.0727 e. The number of rotatable bonds is 9. The fraction of sp³-hybridized carbons (Fsp3) is 0.778. The summed E-state index contributed by atoms with van der Waals surface area (Å²) in [6.07, 6.45) is 7.05. The largest absolute Gasteiger partial charge is 0.378 e. The molecule has 2 radical (unpaired) electrons. The first-order valence-corrected chi connectivity index (χ1v) is 7.15. The molecule has 15 heavy (non-hydrogen) atoms. The van der Waals surface area contributed by atoms with Crippen molar-refractivity contribution < 1.29 is 14.0 Å². The van der Waals surface area contributed by atoms with Gasteiger partial charge in [0.25, 0.3) is 0 Å². The zero-order valence-corrected chi connectivity index (χ0v) is 10.5. The van der Waals surface area contributed by atoms with Gasteiger partial charge in [0.1, 0.15) is 0 Å². The molecule has 4 nitrogen and oxygen atoms in total. The molecule has 1 unspecified atom stereocenters. The van der Waals surface area contributed by atoms with Crippen molar-refractivity contribution in [1.82, 2.24) is 0 Å². The van der Waals surface area contributed by atoms with E-state index in [0.717, 1.165) is 0 Å². The van der Waals surface area contributed by atoms with E-state index >= 15 is 0 Å². The third-order valence-corrected chi connectivity index (χ3v) is 2.55. The molecule has 0 aliphatic heterocycles. The minimum atomic E-state index is -1.93. The van der Waals surface area contributed by atoms with Crippen LogP contribution in [0.25, 0.3) is 0 Å². The topological polar surface area (TPSA) is 51.0 Å². The van der Waals surface area contributed by atoms with Crippen LogP contribution in [0.3, 0.4) is 0 Å². The number of isothiocyanates is 1. The van der Waals surface area contributed by atoms with E-state index in [-0.39, 0.29) is 0 Å². The first-order chi connectivity index (χ1) is 7.06.